The highest BCUT2D eigenvalue weighted by molar-refractivity contribution is 4.82. The summed E-state index contributed by atoms with van der Waals surface area (Å²) in [6.07, 6.45) is 4.27. The lowest BCUT2D eigenvalue weighted by Gasteiger charge is -2.24. The highest BCUT2D eigenvalue weighted by atomic mass is 16.5. The number of ether oxygens (including phenoxy) is 1. The van der Waals surface area contributed by atoms with Crippen LogP contribution in [0.25, 0.3) is 0 Å². The Hall–Kier alpha value is -0.120. The zero-order valence-corrected chi connectivity index (χ0v) is 11.6. The fourth-order valence-corrected chi connectivity index (χ4v) is 3.26. The van der Waals surface area contributed by atoms with Crippen molar-refractivity contribution in [3.05, 3.63) is 0 Å². The molecule has 3 heteroatoms. The fourth-order valence-electron chi connectivity index (χ4n) is 3.26. The van der Waals surface area contributed by atoms with Crippen molar-refractivity contribution < 1.29 is 4.74 Å². The first-order valence-corrected chi connectivity index (χ1v) is 7.26. The van der Waals surface area contributed by atoms with E-state index in [2.05, 4.69) is 31.0 Å². The molecule has 0 aliphatic carbocycles. The van der Waals surface area contributed by atoms with Gasteiger partial charge < -0.3 is 10.1 Å². The lowest BCUT2D eigenvalue weighted by atomic mass is 10.1. The molecule has 2 fully saturated rings. The molecule has 100 valence electrons. The molecule has 4 unspecified atom stereocenters. The molecular weight excluding hydrogens is 212 g/mol. The van der Waals surface area contributed by atoms with E-state index in [1.165, 1.54) is 32.4 Å². The molecule has 0 aromatic carbocycles. The van der Waals surface area contributed by atoms with Crippen molar-refractivity contribution in [1.29, 1.82) is 0 Å². The summed E-state index contributed by atoms with van der Waals surface area (Å²) in [6, 6.07) is 1.28. The average molecular weight is 240 g/mol. The van der Waals surface area contributed by atoms with Gasteiger partial charge >= 0.3 is 0 Å². The van der Waals surface area contributed by atoms with Crippen molar-refractivity contribution in [1.82, 2.24) is 10.2 Å². The summed E-state index contributed by atoms with van der Waals surface area (Å²) in [5.41, 5.74) is 0. The maximum Gasteiger partial charge on any atom is 0.0726 e. The van der Waals surface area contributed by atoms with Crippen LogP contribution in [0.15, 0.2) is 0 Å². The van der Waals surface area contributed by atoms with E-state index in [9.17, 15) is 0 Å². The van der Waals surface area contributed by atoms with E-state index < -0.39 is 0 Å². The Balaban J connectivity index is 1.62. The molecular formula is C14H28N2O. The van der Waals surface area contributed by atoms with Crippen LogP contribution in [0.1, 0.15) is 40.0 Å². The highest BCUT2D eigenvalue weighted by Crippen LogP contribution is 2.21. The van der Waals surface area contributed by atoms with Crippen LogP contribution in [0.2, 0.25) is 0 Å². The van der Waals surface area contributed by atoms with Crippen LogP contribution in [0.4, 0.5) is 0 Å². The molecule has 0 spiro atoms. The zero-order valence-electron chi connectivity index (χ0n) is 11.6. The Morgan fingerprint density at radius 1 is 1.41 bits per heavy atom. The Morgan fingerprint density at radius 3 is 2.82 bits per heavy atom. The summed E-state index contributed by atoms with van der Waals surface area (Å²) in [6.45, 7) is 11.5. The molecule has 2 saturated heterocycles. The predicted octanol–water partition coefficient (Wildman–Crippen LogP) is 1.87. The molecule has 1 N–H and O–H groups in total. The third-order valence-electron chi connectivity index (χ3n) is 4.30. The number of rotatable bonds is 5. The van der Waals surface area contributed by atoms with Gasteiger partial charge in [-0.2, -0.15) is 0 Å². The van der Waals surface area contributed by atoms with Crippen LogP contribution < -0.4 is 5.32 Å². The minimum absolute atomic E-state index is 0.449. The molecule has 4 atom stereocenters. The third kappa shape index (κ3) is 3.67. The molecule has 2 heterocycles. The summed E-state index contributed by atoms with van der Waals surface area (Å²) in [4.78, 5) is 2.61. The topological polar surface area (TPSA) is 24.5 Å². The second kappa shape index (κ2) is 6.17. The van der Waals surface area contributed by atoms with E-state index in [0.717, 1.165) is 25.1 Å². The van der Waals surface area contributed by atoms with Crippen LogP contribution in [-0.2, 0) is 4.74 Å². The first-order chi connectivity index (χ1) is 8.16. The van der Waals surface area contributed by atoms with Crippen LogP contribution in [0, 0.1) is 5.92 Å². The average Bonchev–Trinajstić information content (AvgIpc) is 2.89. The largest absolute Gasteiger partial charge is 0.377 e. The van der Waals surface area contributed by atoms with Gasteiger partial charge in [0.15, 0.2) is 0 Å². The van der Waals surface area contributed by atoms with Crippen LogP contribution in [0.3, 0.4) is 0 Å². The van der Waals surface area contributed by atoms with Crippen molar-refractivity contribution in [2.75, 3.05) is 26.2 Å². The summed E-state index contributed by atoms with van der Waals surface area (Å²) in [5.74, 6) is 0.876. The zero-order chi connectivity index (χ0) is 12.3. The molecule has 0 amide bonds. The molecule has 3 nitrogen and oxygen atoms in total. The lowest BCUT2D eigenvalue weighted by Crippen LogP contribution is -2.42. The molecule has 2 aliphatic heterocycles. The maximum absolute atomic E-state index is 5.70. The highest BCUT2D eigenvalue weighted by Gasteiger charge is 2.26. The third-order valence-corrected chi connectivity index (χ3v) is 4.30. The van der Waals surface area contributed by atoms with Crippen LogP contribution in [0.5, 0.6) is 0 Å². The van der Waals surface area contributed by atoms with Crippen molar-refractivity contribution >= 4 is 0 Å². The Bertz CT molecular complexity index is 228. The minimum atomic E-state index is 0.449. The van der Waals surface area contributed by atoms with Gasteiger partial charge in [-0.3, -0.25) is 4.90 Å². The SMILES string of the molecule is CC1CC(C)N(CCNC(C)C2CCCO2)C1. The number of nitrogens with zero attached hydrogens (tertiary/aromatic N) is 1. The monoisotopic (exact) mass is 240 g/mol. The van der Waals surface area contributed by atoms with E-state index in [-0.39, 0.29) is 0 Å². The van der Waals surface area contributed by atoms with Gasteiger partial charge in [-0.25, -0.2) is 0 Å². The second-order valence-corrected chi connectivity index (χ2v) is 5.98. The molecule has 2 aliphatic rings. The quantitative estimate of drug-likeness (QED) is 0.794. The summed E-state index contributed by atoms with van der Waals surface area (Å²) >= 11 is 0. The summed E-state index contributed by atoms with van der Waals surface area (Å²) < 4.78 is 5.70. The van der Waals surface area contributed by atoms with E-state index in [4.69, 9.17) is 4.74 Å². The first-order valence-electron chi connectivity index (χ1n) is 7.26. The Labute approximate surface area is 106 Å². The van der Waals surface area contributed by atoms with E-state index in [1.54, 1.807) is 0 Å². The lowest BCUT2D eigenvalue weighted by molar-refractivity contribution is 0.0825. The van der Waals surface area contributed by atoms with Gasteiger partial charge in [0.1, 0.15) is 0 Å². The van der Waals surface area contributed by atoms with Gasteiger partial charge in [0, 0.05) is 38.3 Å². The number of nitrogens with one attached hydrogen (secondary N) is 1. The van der Waals surface area contributed by atoms with Crippen molar-refractivity contribution in [3.8, 4) is 0 Å². The molecule has 0 bridgehead atoms. The van der Waals surface area contributed by atoms with Gasteiger partial charge in [0.25, 0.3) is 0 Å². The van der Waals surface area contributed by atoms with Gasteiger partial charge in [-0.15, -0.1) is 0 Å². The normalized spacial score (nSPS) is 36.5. The van der Waals surface area contributed by atoms with E-state index >= 15 is 0 Å². The van der Waals surface area contributed by atoms with Crippen molar-refractivity contribution in [3.63, 3.8) is 0 Å². The molecule has 17 heavy (non-hydrogen) atoms. The Kier molecular flexibility index (Phi) is 4.83. The van der Waals surface area contributed by atoms with Crippen LogP contribution in [-0.4, -0.2) is 49.3 Å². The fraction of sp³-hybridized carbons (Fsp3) is 1.00. The summed E-state index contributed by atoms with van der Waals surface area (Å²) in [5, 5.41) is 3.62. The number of hydrogen-bond acceptors (Lipinski definition) is 3. The Morgan fingerprint density at radius 2 is 2.24 bits per heavy atom. The van der Waals surface area contributed by atoms with Crippen molar-refractivity contribution in [2.45, 2.75) is 58.2 Å². The molecule has 0 aromatic heterocycles. The van der Waals surface area contributed by atoms with E-state index in [1.807, 2.05) is 0 Å². The number of hydrogen-bond donors (Lipinski definition) is 1. The molecule has 0 saturated carbocycles. The minimum Gasteiger partial charge on any atom is -0.377 e. The van der Waals surface area contributed by atoms with Gasteiger partial charge in [-0.05, 0) is 39.0 Å². The smallest absolute Gasteiger partial charge is 0.0726 e. The van der Waals surface area contributed by atoms with Gasteiger partial charge in [0.05, 0.1) is 6.10 Å². The molecule has 2 rings (SSSR count). The van der Waals surface area contributed by atoms with E-state index in [0.29, 0.717) is 12.1 Å². The van der Waals surface area contributed by atoms with Crippen molar-refractivity contribution in [2.24, 2.45) is 5.92 Å². The second-order valence-electron chi connectivity index (χ2n) is 5.98. The predicted molar refractivity (Wildman–Crippen MR) is 71.3 cm³/mol. The molecule has 0 aromatic rings. The molecule has 0 radical (unpaired) electrons. The first kappa shape index (κ1) is 13.3. The number of likely N-dealkylation sites (tertiary alicyclic amines) is 1. The summed E-state index contributed by atoms with van der Waals surface area (Å²) in [7, 11) is 0. The van der Waals surface area contributed by atoms with Gasteiger partial charge in [-0.1, -0.05) is 6.92 Å². The van der Waals surface area contributed by atoms with Crippen LogP contribution >= 0.6 is 0 Å². The van der Waals surface area contributed by atoms with Gasteiger partial charge in [0.2, 0.25) is 0 Å². The maximum atomic E-state index is 5.70. The standard InChI is InChI=1S/C14H28N2O/c1-11-9-12(2)16(10-11)7-6-15-13(3)14-5-4-8-17-14/h11-15H,4-10H2,1-3H3.